The number of halogens is 2. The number of amides is 2. The van der Waals surface area contributed by atoms with Gasteiger partial charge in [0, 0.05) is 24.3 Å². The summed E-state index contributed by atoms with van der Waals surface area (Å²) in [7, 11) is 0. The molecule has 194 valence electrons. The zero-order valence-corrected chi connectivity index (χ0v) is 20.6. The Hall–Kier alpha value is -4.08. The first-order chi connectivity index (χ1) is 17.8. The Kier molecular flexibility index (Phi) is 7.95. The molecule has 1 aromatic heterocycles. The lowest BCUT2D eigenvalue weighted by Crippen LogP contribution is -2.37. The molecule has 0 atom stereocenters. The van der Waals surface area contributed by atoms with E-state index in [1.54, 1.807) is 55.1 Å². The third kappa shape index (κ3) is 6.02. The molecular formula is C27H28F2N4O4. The molecule has 1 saturated heterocycles. The predicted molar refractivity (Wildman–Crippen MR) is 133 cm³/mol. The van der Waals surface area contributed by atoms with Gasteiger partial charge in [0.15, 0.2) is 0 Å². The smallest absolute Gasteiger partial charge is 0.338 e. The van der Waals surface area contributed by atoms with Crippen molar-refractivity contribution in [1.29, 1.82) is 0 Å². The molecule has 37 heavy (non-hydrogen) atoms. The molecule has 1 aliphatic heterocycles. The number of benzene rings is 2. The fraction of sp³-hybridized carbons (Fsp3) is 0.333. The third-order valence-corrected chi connectivity index (χ3v) is 6.34. The molecule has 4 rings (SSSR count). The maximum absolute atomic E-state index is 13.1. The first-order valence-electron chi connectivity index (χ1n) is 12.1. The lowest BCUT2D eigenvalue weighted by molar-refractivity contribution is 0.0516. The van der Waals surface area contributed by atoms with Crippen LogP contribution in [0, 0.1) is 6.92 Å². The fourth-order valence-corrected chi connectivity index (χ4v) is 4.43. The summed E-state index contributed by atoms with van der Waals surface area (Å²) < 4.78 is 31.6. The van der Waals surface area contributed by atoms with Gasteiger partial charge in [0.05, 0.1) is 17.9 Å². The van der Waals surface area contributed by atoms with E-state index in [0.717, 1.165) is 18.4 Å². The number of likely N-dealkylation sites (tertiary alicyclic amines) is 1. The standard InChI is InChI=1S/C27H28F2N4O4/c1-3-37-26(36)21-6-4-20(5-7-21)25(35)32-14-12-19(13-15-32)18-8-10-22(11-9-18)30-24(34)23-16-17(2)31-33(23)27(28)29/h4-11,16,19,27H,3,12-15H2,1-2H3,(H,30,34). The molecule has 0 saturated carbocycles. The first-order valence-corrected chi connectivity index (χ1v) is 12.1. The van der Waals surface area contributed by atoms with E-state index in [-0.39, 0.29) is 17.5 Å². The summed E-state index contributed by atoms with van der Waals surface area (Å²) in [5, 5.41) is 6.30. The van der Waals surface area contributed by atoms with Crippen LogP contribution in [0.15, 0.2) is 54.6 Å². The van der Waals surface area contributed by atoms with Crippen LogP contribution in [0.2, 0.25) is 0 Å². The highest BCUT2D eigenvalue weighted by Gasteiger charge is 2.25. The minimum Gasteiger partial charge on any atom is -0.462 e. The Balaban J connectivity index is 1.32. The van der Waals surface area contributed by atoms with Gasteiger partial charge in [0.25, 0.3) is 11.8 Å². The van der Waals surface area contributed by atoms with Crippen molar-refractivity contribution in [1.82, 2.24) is 14.7 Å². The SMILES string of the molecule is CCOC(=O)c1ccc(C(=O)N2CCC(c3ccc(NC(=O)c4cc(C)nn4C(F)F)cc3)CC2)cc1. The number of rotatable bonds is 7. The van der Waals surface area contributed by atoms with E-state index in [4.69, 9.17) is 4.74 Å². The Morgan fingerprint density at radius 1 is 1.03 bits per heavy atom. The van der Waals surface area contributed by atoms with Gasteiger partial charge in [-0.05, 0) is 80.6 Å². The summed E-state index contributed by atoms with van der Waals surface area (Å²) >= 11 is 0. The number of hydrogen-bond acceptors (Lipinski definition) is 5. The van der Waals surface area contributed by atoms with Gasteiger partial charge in [-0.1, -0.05) is 12.1 Å². The van der Waals surface area contributed by atoms with Crippen molar-refractivity contribution in [2.24, 2.45) is 0 Å². The average Bonchev–Trinajstić information content (AvgIpc) is 3.31. The van der Waals surface area contributed by atoms with Gasteiger partial charge in [-0.2, -0.15) is 18.6 Å². The van der Waals surface area contributed by atoms with Gasteiger partial charge in [0.1, 0.15) is 5.69 Å². The molecule has 0 spiro atoms. The van der Waals surface area contributed by atoms with Gasteiger partial charge < -0.3 is 15.0 Å². The van der Waals surface area contributed by atoms with Gasteiger partial charge >= 0.3 is 12.5 Å². The van der Waals surface area contributed by atoms with Crippen LogP contribution in [0.4, 0.5) is 14.5 Å². The molecule has 2 amide bonds. The molecule has 10 heteroatoms. The Bertz CT molecular complexity index is 1260. The minimum absolute atomic E-state index is 0.0785. The Morgan fingerprint density at radius 2 is 1.65 bits per heavy atom. The van der Waals surface area contributed by atoms with Gasteiger partial charge in [-0.3, -0.25) is 9.59 Å². The molecule has 0 aliphatic carbocycles. The lowest BCUT2D eigenvalue weighted by Gasteiger charge is -2.32. The van der Waals surface area contributed by atoms with Crippen molar-refractivity contribution < 1.29 is 27.9 Å². The van der Waals surface area contributed by atoms with E-state index < -0.39 is 18.4 Å². The van der Waals surface area contributed by atoms with Crippen molar-refractivity contribution in [2.75, 3.05) is 25.0 Å². The van der Waals surface area contributed by atoms with Crippen LogP contribution in [-0.4, -0.2) is 52.2 Å². The molecule has 1 aliphatic rings. The van der Waals surface area contributed by atoms with Crippen LogP contribution in [0.1, 0.15) is 74.7 Å². The molecule has 2 aromatic carbocycles. The number of piperidine rings is 1. The normalized spacial score (nSPS) is 14.0. The van der Waals surface area contributed by atoms with Crippen molar-refractivity contribution in [3.05, 3.63) is 82.7 Å². The summed E-state index contributed by atoms with van der Waals surface area (Å²) in [5.41, 5.74) is 2.63. The maximum Gasteiger partial charge on any atom is 0.338 e. The second-order valence-corrected chi connectivity index (χ2v) is 8.83. The Morgan fingerprint density at radius 3 is 2.24 bits per heavy atom. The maximum atomic E-state index is 13.1. The van der Waals surface area contributed by atoms with Gasteiger partial charge in [0.2, 0.25) is 0 Å². The van der Waals surface area contributed by atoms with E-state index in [1.165, 1.54) is 6.07 Å². The number of ether oxygens (including phenoxy) is 1. The van der Waals surface area contributed by atoms with Crippen molar-refractivity contribution in [3.63, 3.8) is 0 Å². The number of esters is 1. The van der Waals surface area contributed by atoms with Crippen LogP contribution in [0.25, 0.3) is 0 Å². The number of alkyl halides is 2. The summed E-state index contributed by atoms with van der Waals surface area (Å²) in [6, 6.07) is 15.1. The van der Waals surface area contributed by atoms with Crippen LogP contribution >= 0.6 is 0 Å². The minimum atomic E-state index is -2.90. The number of aromatic nitrogens is 2. The van der Waals surface area contributed by atoms with Crippen LogP contribution in [0.3, 0.4) is 0 Å². The van der Waals surface area contributed by atoms with Crippen LogP contribution in [-0.2, 0) is 4.74 Å². The molecule has 0 radical (unpaired) electrons. The van der Waals surface area contributed by atoms with Crippen molar-refractivity contribution in [2.45, 2.75) is 39.2 Å². The lowest BCUT2D eigenvalue weighted by atomic mass is 9.89. The van der Waals surface area contributed by atoms with E-state index >= 15 is 0 Å². The fourth-order valence-electron chi connectivity index (χ4n) is 4.43. The summed E-state index contributed by atoms with van der Waals surface area (Å²) in [6.07, 6.45) is 1.57. The summed E-state index contributed by atoms with van der Waals surface area (Å²) in [5.74, 6) is -0.897. The monoisotopic (exact) mass is 510 g/mol. The second-order valence-electron chi connectivity index (χ2n) is 8.83. The van der Waals surface area contributed by atoms with Crippen molar-refractivity contribution >= 4 is 23.5 Å². The molecule has 1 fully saturated rings. The number of nitrogens with zero attached hydrogens (tertiary/aromatic N) is 3. The van der Waals surface area contributed by atoms with Gasteiger partial charge in [-0.25, -0.2) is 4.79 Å². The molecule has 0 unspecified atom stereocenters. The zero-order valence-electron chi connectivity index (χ0n) is 20.6. The van der Waals surface area contributed by atoms with E-state index in [2.05, 4.69) is 10.4 Å². The molecule has 8 nitrogen and oxygen atoms in total. The highest BCUT2D eigenvalue weighted by molar-refractivity contribution is 6.03. The van der Waals surface area contributed by atoms with Gasteiger partial charge in [-0.15, -0.1) is 0 Å². The number of anilines is 1. The highest BCUT2D eigenvalue weighted by Crippen LogP contribution is 2.30. The third-order valence-electron chi connectivity index (χ3n) is 6.34. The van der Waals surface area contributed by atoms with E-state index in [0.29, 0.717) is 46.9 Å². The highest BCUT2D eigenvalue weighted by atomic mass is 19.3. The van der Waals surface area contributed by atoms with E-state index in [1.807, 2.05) is 12.1 Å². The number of nitrogens with one attached hydrogen (secondary N) is 1. The summed E-state index contributed by atoms with van der Waals surface area (Å²) in [6.45, 7) is 1.86. The quantitative estimate of drug-likeness (QED) is 0.450. The number of carbonyl (C=O) groups excluding carboxylic acids is 3. The van der Waals surface area contributed by atoms with Crippen LogP contribution < -0.4 is 5.32 Å². The molecule has 2 heterocycles. The molecule has 0 bridgehead atoms. The molecule has 3 aromatic rings. The predicted octanol–water partition coefficient (Wildman–Crippen LogP) is 5.04. The second kappa shape index (κ2) is 11.3. The average molecular weight is 511 g/mol. The molecular weight excluding hydrogens is 482 g/mol. The molecule has 1 N–H and O–H groups in total. The number of carbonyl (C=O) groups is 3. The first kappa shape index (κ1) is 26.0. The largest absolute Gasteiger partial charge is 0.462 e. The summed E-state index contributed by atoms with van der Waals surface area (Å²) in [4.78, 5) is 39.0. The number of aryl methyl sites for hydroxylation is 1. The van der Waals surface area contributed by atoms with E-state index in [9.17, 15) is 23.2 Å². The zero-order chi connectivity index (χ0) is 26.5. The Labute approximate surface area is 213 Å². The van der Waals surface area contributed by atoms with Crippen molar-refractivity contribution in [3.8, 4) is 0 Å². The number of hydrogen-bond donors (Lipinski definition) is 1. The van der Waals surface area contributed by atoms with Crippen LogP contribution in [0.5, 0.6) is 0 Å². The topological polar surface area (TPSA) is 93.5 Å².